The second kappa shape index (κ2) is 15.7. The highest BCUT2D eigenvalue weighted by Crippen LogP contribution is 2.58. The molecule has 7 aromatic rings. The van der Waals surface area contributed by atoms with Gasteiger partial charge in [-0.25, -0.2) is 0 Å². The van der Waals surface area contributed by atoms with E-state index in [-0.39, 0.29) is 10.5 Å². The molecule has 10 heteroatoms. The number of nitrogens with zero attached hydrogens (tertiary/aromatic N) is 4. The zero-order chi connectivity index (χ0) is 41.7. The molecule has 0 radical (unpaired) electrons. The average Bonchev–Trinajstić information content (AvgIpc) is 3.83. The number of rotatable bonds is 8. The van der Waals surface area contributed by atoms with Crippen LogP contribution in [0.1, 0.15) is 56.7 Å². The first-order chi connectivity index (χ1) is 30.6. The highest BCUT2D eigenvalue weighted by atomic mass is 32.2. The summed E-state index contributed by atoms with van der Waals surface area (Å²) in [7, 11) is 3.39. The minimum Gasteiger partial charge on any atom is -0.497 e. The van der Waals surface area contributed by atoms with Gasteiger partial charge < -0.3 is 19.1 Å². The van der Waals surface area contributed by atoms with Crippen LogP contribution in [0.4, 0.5) is 11.4 Å². The molecular formula is C52H42N4O4S2. The van der Waals surface area contributed by atoms with Gasteiger partial charge in [-0.3, -0.25) is 9.80 Å². The predicted molar refractivity (Wildman–Crippen MR) is 248 cm³/mol. The number of anilines is 2. The molecule has 0 aromatic heterocycles. The zero-order valence-corrected chi connectivity index (χ0v) is 35.8. The van der Waals surface area contributed by atoms with E-state index in [9.17, 15) is 0 Å². The number of thioether (sulfide) groups is 2. The van der Waals surface area contributed by atoms with E-state index in [4.69, 9.17) is 29.5 Å². The standard InChI is InChI=1S/C52H42N4O4S2/c1-57-41-29-25-39(26-30-41)51-33-47(61-45-19-11-9-17-43(45)55(51)49(53-59-51)37-13-5-3-6-14-37)35-21-23-36(24-22-35)48-34-52(40-27-31-42(58-2)32-28-40)56(44-18-10-12-20-46(44)62-48)50(54-60-52)38-15-7-4-8-16-38/h3-32,47-48H,33-34H2,1-2H3. The Morgan fingerprint density at radius 2 is 0.839 bits per heavy atom. The molecule has 8 nitrogen and oxygen atoms in total. The largest absolute Gasteiger partial charge is 0.497 e. The lowest BCUT2D eigenvalue weighted by molar-refractivity contribution is -0.0286. The fourth-order valence-electron chi connectivity index (χ4n) is 9.13. The second-order valence-corrected chi connectivity index (χ2v) is 18.2. The Morgan fingerprint density at radius 1 is 0.468 bits per heavy atom. The zero-order valence-electron chi connectivity index (χ0n) is 34.1. The van der Waals surface area contributed by atoms with Crippen molar-refractivity contribution in [3.63, 3.8) is 0 Å². The fourth-order valence-corrected chi connectivity index (χ4v) is 11.8. The molecule has 4 atom stereocenters. The molecule has 0 amide bonds. The molecule has 0 fully saturated rings. The molecule has 0 bridgehead atoms. The topological polar surface area (TPSA) is 68.1 Å². The Labute approximate surface area is 369 Å². The average molecular weight is 851 g/mol. The van der Waals surface area contributed by atoms with E-state index < -0.39 is 11.4 Å². The van der Waals surface area contributed by atoms with Crippen LogP contribution in [-0.2, 0) is 21.1 Å². The van der Waals surface area contributed by atoms with Crippen molar-refractivity contribution in [1.82, 2.24) is 0 Å². The molecule has 4 unspecified atom stereocenters. The summed E-state index contributed by atoms with van der Waals surface area (Å²) < 4.78 is 11.2. The predicted octanol–water partition coefficient (Wildman–Crippen LogP) is 12.3. The number of para-hydroxylation sites is 2. The van der Waals surface area contributed by atoms with Crippen molar-refractivity contribution in [2.24, 2.45) is 10.3 Å². The maximum Gasteiger partial charge on any atom is 0.242 e. The van der Waals surface area contributed by atoms with E-state index in [1.165, 1.54) is 11.1 Å². The number of fused-ring (bicyclic) bond motifs is 6. The summed E-state index contributed by atoms with van der Waals surface area (Å²) in [6, 6.07) is 63.5. The van der Waals surface area contributed by atoms with Crippen LogP contribution >= 0.6 is 23.5 Å². The highest BCUT2D eigenvalue weighted by Gasteiger charge is 2.54. The molecule has 0 aliphatic carbocycles. The van der Waals surface area contributed by atoms with Crippen LogP contribution in [0.25, 0.3) is 0 Å². The number of hydrogen-bond donors (Lipinski definition) is 0. The molecule has 0 saturated heterocycles. The van der Waals surface area contributed by atoms with Crippen molar-refractivity contribution in [2.45, 2.75) is 44.6 Å². The van der Waals surface area contributed by atoms with Crippen molar-refractivity contribution >= 4 is 46.6 Å². The molecule has 0 saturated carbocycles. The van der Waals surface area contributed by atoms with E-state index in [1.54, 1.807) is 14.2 Å². The summed E-state index contributed by atoms with van der Waals surface area (Å²) in [6.07, 6.45) is 1.26. The van der Waals surface area contributed by atoms with E-state index in [1.807, 2.05) is 84.2 Å². The number of amidine groups is 2. The Balaban J connectivity index is 0.988. The van der Waals surface area contributed by atoms with Crippen LogP contribution in [0.2, 0.25) is 0 Å². The SMILES string of the molecule is COc1ccc(C23CC(c4ccc(C5CC6(c7ccc(OC)cc7)ON=C(c7ccccc7)N6c6ccccc6S5)cc4)Sc4ccccc4N2C(c2ccccc2)=NO3)cc1. The molecule has 4 aliphatic heterocycles. The quantitative estimate of drug-likeness (QED) is 0.150. The van der Waals surface area contributed by atoms with Crippen LogP contribution in [0.5, 0.6) is 11.5 Å². The molecule has 62 heavy (non-hydrogen) atoms. The Morgan fingerprint density at radius 3 is 1.23 bits per heavy atom. The molecule has 0 N–H and O–H groups in total. The summed E-state index contributed by atoms with van der Waals surface area (Å²) in [4.78, 5) is 20.5. The number of hydrogen-bond acceptors (Lipinski definition) is 10. The van der Waals surface area contributed by atoms with Crippen LogP contribution < -0.4 is 19.3 Å². The first-order valence-corrected chi connectivity index (χ1v) is 22.5. The van der Waals surface area contributed by atoms with Gasteiger partial charge in [-0.1, -0.05) is 120 Å². The summed E-state index contributed by atoms with van der Waals surface area (Å²) >= 11 is 3.75. The van der Waals surface area contributed by atoms with E-state index >= 15 is 0 Å². The molecule has 0 spiro atoms. The van der Waals surface area contributed by atoms with Crippen molar-refractivity contribution in [1.29, 1.82) is 0 Å². The summed E-state index contributed by atoms with van der Waals surface area (Å²) in [5.41, 5.74) is 6.67. The number of methoxy groups -OCH3 is 2. The van der Waals surface area contributed by atoms with Gasteiger partial charge in [0.1, 0.15) is 11.5 Å². The molecule has 4 heterocycles. The van der Waals surface area contributed by atoms with E-state index in [2.05, 4.69) is 131 Å². The van der Waals surface area contributed by atoms with E-state index in [0.717, 1.165) is 66.6 Å². The number of oxime groups is 2. The van der Waals surface area contributed by atoms with Crippen molar-refractivity contribution in [3.8, 4) is 11.5 Å². The smallest absolute Gasteiger partial charge is 0.242 e. The monoisotopic (exact) mass is 850 g/mol. The van der Waals surface area contributed by atoms with Gasteiger partial charge in [0.2, 0.25) is 11.4 Å². The lowest BCUT2D eigenvalue weighted by Gasteiger charge is -2.38. The summed E-state index contributed by atoms with van der Waals surface area (Å²) in [6.45, 7) is 0. The van der Waals surface area contributed by atoms with Gasteiger partial charge in [-0.15, -0.1) is 23.5 Å². The third-order valence-corrected chi connectivity index (χ3v) is 14.9. The van der Waals surface area contributed by atoms with Crippen LogP contribution in [-0.4, -0.2) is 25.9 Å². The highest BCUT2D eigenvalue weighted by molar-refractivity contribution is 8.00. The molecule has 306 valence electrons. The van der Waals surface area contributed by atoms with Gasteiger partial charge in [-0.05, 0) is 83.9 Å². The van der Waals surface area contributed by atoms with Gasteiger partial charge in [0.25, 0.3) is 0 Å². The van der Waals surface area contributed by atoms with Crippen LogP contribution in [0, 0.1) is 0 Å². The number of benzene rings is 7. The van der Waals surface area contributed by atoms with Crippen LogP contribution in [0.15, 0.2) is 202 Å². The third kappa shape index (κ3) is 6.39. The third-order valence-electron chi connectivity index (χ3n) is 12.2. The van der Waals surface area contributed by atoms with Gasteiger partial charge in [-0.2, -0.15) is 0 Å². The Kier molecular flexibility index (Phi) is 9.70. The Bertz CT molecular complexity index is 2610. The minimum atomic E-state index is -0.925. The minimum absolute atomic E-state index is 0.0197. The second-order valence-electron chi connectivity index (χ2n) is 15.7. The number of ether oxygens (including phenoxy) is 2. The Hall–Kier alpha value is -6.62. The maximum absolute atomic E-state index is 6.79. The van der Waals surface area contributed by atoms with Crippen molar-refractivity contribution in [3.05, 3.63) is 215 Å². The first-order valence-electron chi connectivity index (χ1n) is 20.7. The normalized spacial score (nSPS) is 22.3. The van der Waals surface area contributed by atoms with Gasteiger partial charge in [0.05, 0.1) is 25.6 Å². The van der Waals surface area contributed by atoms with Crippen LogP contribution in [0.3, 0.4) is 0 Å². The van der Waals surface area contributed by atoms with Gasteiger partial charge in [0.15, 0.2) is 11.7 Å². The lowest BCUT2D eigenvalue weighted by Crippen LogP contribution is -2.47. The van der Waals surface area contributed by atoms with Crippen molar-refractivity contribution < 1.29 is 19.1 Å². The molecule has 7 aromatic carbocycles. The maximum atomic E-state index is 6.79. The fraction of sp³-hybridized carbons (Fsp3) is 0.154. The summed E-state index contributed by atoms with van der Waals surface area (Å²) in [5, 5.41) is 9.78. The van der Waals surface area contributed by atoms with E-state index in [0.29, 0.717) is 12.8 Å². The van der Waals surface area contributed by atoms with Gasteiger partial charge in [0, 0.05) is 55.4 Å². The molecular weight excluding hydrogens is 809 g/mol. The summed E-state index contributed by atoms with van der Waals surface area (Å²) in [5.74, 6) is 3.14. The first kappa shape index (κ1) is 38.3. The molecule has 11 rings (SSSR count). The van der Waals surface area contributed by atoms with Gasteiger partial charge >= 0.3 is 0 Å². The molecule has 4 aliphatic rings. The van der Waals surface area contributed by atoms with Crippen molar-refractivity contribution in [2.75, 3.05) is 24.0 Å². The lowest BCUT2D eigenvalue weighted by atomic mass is 9.90.